The first-order valence-electron chi connectivity index (χ1n) is 10.1. The standard InChI is InChI=1S/C22H28N2O4S2/c1-28-20-12-11-18(15-21(20)30(26,27)24-19-9-5-6-10-19)22(25)23-13-14-29-16-17-7-3-2-4-8-17/h2-4,7-8,11-12,15,19,24H,5-6,9-10,13-14,16H2,1H3,(H,23,25). The lowest BCUT2D eigenvalue weighted by atomic mass is 10.2. The average molecular weight is 449 g/mol. The Morgan fingerprint density at radius 2 is 1.87 bits per heavy atom. The number of rotatable bonds is 10. The zero-order chi connectivity index (χ0) is 21.4. The second-order valence-corrected chi connectivity index (χ2v) is 10.0. The Morgan fingerprint density at radius 1 is 1.13 bits per heavy atom. The van der Waals surface area contributed by atoms with Gasteiger partial charge in [-0.15, -0.1) is 0 Å². The summed E-state index contributed by atoms with van der Waals surface area (Å²) in [5.41, 5.74) is 1.55. The minimum absolute atomic E-state index is 0.00278. The Balaban J connectivity index is 1.58. The monoisotopic (exact) mass is 448 g/mol. The van der Waals surface area contributed by atoms with Crippen molar-refractivity contribution in [3.63, 3.8) is 0 Å². The fraction of sp³-hybridized carbons (Fsp3) is 0.409. The van der Waals surface area contributed by atoms with Gasteiger partial charge < -0.3 is 10.1 Å². The maximum atomic E-state index is 12.9. The highest BCUT2D eigenvalue weighted by Crippen LogP contribution is 2.27. The quantitative estimate of drug-likeness (QED) is 0.543. The van der Waals surface area contributed by atoms with Gasteiger partial charge in [0.2, 0.25) is 10.0 Å². The molecule has 0 unspecified atom stereocenters. The fourth-order valence-corrected chi connectivity index (χ4v) is 5.78. The van der Waals surface area contributed by atoms with Gasteiger partial charge in [-0.1, -0.05) is 43.2 Å². The van der Waals surface area contributed by atoms with Crippen LogP contribution in [0.5, 0.6) is 5.75 Å². The SMILES string of the molecule is COc1ccc(C(=O)NCCSCc2ccccc2)cc1S(=O)(=O)NC1CCCC1. The van der Waals surface area contributed by atoms with E-state index in [1.807, 2.05) is 18.2 Å². The minimum Gasteiger partial charge on any atom is -0.495 e. The molecule has 0 atom stereocenters. The molecule has 0 bridgehead atoms. The number of ether oxygens (including phenoxy) is 1. The Hall–Kier alpha value is -2.03. The van der Waals surface area contributed by atoms with Crippen molar-refractivity contribution in [3.05, 3.63) is 59.7 Å². The van der Waals surface area contributed by atoms with Gasteiger partial charge in [0.1, 0.15) is 10.6 Å². The summed E-state index contributed by atoms with van der Waals surface area (Å²) in [5, 5.41) is 2.86. The maximum Gasteiger partial charge on any atom is 0.251 e. The largest absolute Gasteiger partial charge is 0.495 e. The Labute approximate surface area is 182 Å². The average Bonchev–Trinajstić information content (AvgIpc) is 3.26. The van der Waals surface area contributed by atoms with E-state index in [9.17, 15) is 13.2 Å². The summed E-state index contributed by atoms with van der Waals surface area (Å²) in [6, 6.07) is 14.6. The summed E-state index contributed by atoms with van der Waals surface area (Å²) < 4.78 is 33.7. The van der Waals surface area contributed by atoms with E-state index in [1.165, 1.54) is 24.8 Å². The number of carbonyl (C=O) groups is 1. The number of amides is 1. The highest BCUT2D eigenvalue weighted by Gasteiger charge is 2.26. The van der Waals surface area contributed by atoms with Crippen LogP contribution >= 0.6 is 11.8 Å². The van der Waals surface area contributed by atoms with Crippen LogP contribution in [0, 0.1) is 0 Å². The number of methoxy groups -OCH3 is 1. The lowest BCUT2D eigenvalue weighted by Gasteiger charge is -2.15. The molecule has 0 saturated heterocycles. The molecule has 6 nitrogen and oxygen atoms in total. The van der Waals surface area contributed by atoms with Crippen molar-refractivity contribution in [1.82, 2.24) is 10.0 Å². The summed E-state index contributed by atoms with van der Waals surface area (Å²) in [6.45, 7) is 0.505. The maximum absolute atomic E-state index is 12.9. The predicted octanol–water partition coefficient (Wildman–Crippen LogP) is 3.58. The molecule has 1 aliphatic rings. The van der Waals surface area contributed by atoms with Crippen LogP contribution in [-0.2, 0) is 15.8 Å². The van der Waals surface area contributed by atoms with Crippen LogP contribution in [0.25, 0.3) is 0 Å². The summed E-state index contributed by atoms with van der Waals surface area (Å²) in [5.74, 6) is 1.59. The van der Waals surface area contributed by atoms with E-state index in [2.05, 4.69) is 22.2 Å². The van der Waals surface area contributed by atoms with Gasteiger partial charge >= 0.3 is 0 Å². The highest BCUT2D eigenvalue weighted by molar-refractivity contribution is 7.98. The van der Waals surface area contributed by atoms with E-state index in [1.54, 1.807) is 17.8 Å². The zero-order valence-corrected chi connectivity index (χ0v) is 18.7. The number of thioether (sulfide) groups is 1. The van der Waals surface area contributed by atoms with Crippen molar-refractivity contribution in [2.24, 2.45) is 0 Å². The molecule has 1 amide bonds. The van der Waals surface area contributed by atoms with Gasteiger partial charge in [-0.05, 0) is 36.6 Å². The van der Waals surface area contributed by atoms with Crippen molar-refractivity contribution >= 4 is 27.7 Å². The minimum atomic E-state index is -3.76. The van der Waals surface area contributed by atoms with Gasteiger partial charge in [-0.3, -0.25) is 4.79 Å². The molecule has 0 aliphatic heterocycles. The number of nitrogens with one attached hydrogen (secondary N) is 2. The number of hydrogen-bond acceptors (Lipinski definition) is 5. The van der Waals surface area contributed by atoms with Gasteiger partial charge in [0.25, 0.3) is 5.91 Å². The second kappa shape index (κ2) is 10.8. The molecular formula is C22H28N2O4S2. The van der Waals surface area contributed by atoms with Gasteiger partial charge in [0.05, 0.1) is 7.11 Å². The number of sulfonamides is 1. The van der Waals surface area contributed by atoms with Gasteiger partial charge in [-0.25, -0.2) is 13.1 Å². The van der Waals surface area contributed by atoms with E-state index in [4.69, 9.17) is 4.74 Å². The first-order chi connectivity index (χ1) is 14.5. The first-order valence-corrected chi connectivity index (χ1v) is 12.7. The van der Waals surface area contributed by atoms with Crippen LogP contribution < -0.4 is 14.8 Å². The van der Waals surface area contributed by atoms with Crippen molar-refractivity contribution in [1.29, 1.82) is 0 Å². The van der Waals surface area contributed by atoms with E-state index < -0.39 is 10.0 Å². The topological polar surface area (TPSA) is 84.5 Å². The van der Waals surface area contributed by atoms with Crippen LogP contribution in [0.2, 0.25) is 0 Å². The van der Waals surface area contributed by atoms with Gasteiger partial charge in [0.15, 0.2) is 0 Å². The van der Waals surface area contributed by atoms with E-state index >= 15 is 0 Å². The molecule has 1 saturated carbocycles. The predicted molar refractivity (Wildman–Crippen MR) is 121 cm³/mol. The van der Waals surface area contributed by atoms with Crippen molar-refractivity contribution in [3.8, 4) is 5.75 Å². The highest BCUT2D eigenvalue weighted by atomic mass is 32.2. The van der Waals surface area contributed by atoms with Crippen molar-refractivity contribution in [2.45, 2.75) is 42.4 Å². The molecule has 0 heterocycles. The van der Waals surface area contributed by atoms with Crippen LogP contribution in [0.4, 0.5) is 0 Å². The van der Waals surface area contributed by atoms with E-state index in [0.29, 0.717) is 12.1 Å². The molecule has 30 heavy (non-hydrogen) atoms. The molecule has 0 spiro atoms. The molecule has 2 aromatic carbocycles. The van der Waals surface area contributed by atoms with Crippen LogP contribution in [0.1, 0.15) is 41.6 Å². The third-order valence-corrected chi connectivity index (χ3v) is 7.61. The Bertz CT molecular complexity index is 943. The summed E-state index contributed by atoms with van der Waals surface area (Å²) >= 11 is 1.73. The zero-order valence-electron chi connectivity index (χ0n) is 17.1. The summed E-state index contributed by atoms with van der Waals surface area (Å²) in [6.07, 6.45) is 3.72. The number of benzene rings is 2. The third-order valence-electron chi connectivity index (χ3n) is 5.04. The Morgan fingerprint density at radius 3 is 2.57 bits per heavy atom. The smallest absolute Gasteiger partial charge is 0.251 e. The Kier molecular flexibility index (Phi) is 8.18. The van der Waals surface area contributed by atoms with Crippen LogP contribution in [0.15, 0.2) is 53.4 Å². The van der Waals surface area contributed by atoms with Crippen molar-refractivity contribution in [2.75, 3.05) is 19.4 Å². The molecule has 162 valence electrons. The molecule has 8 heteroatoms. The molecule has 0 radical (unpaired) electrons. The van der Waals surface area contributed by atoms with Crippen LogP contribution in [0.3, 0.4) is 0 Å². The fourth-order valence-electron chi connectivity index (χ4n) is 3.46. The van der Waals surface area contributed by atoms with Gasteiger partial charge in [0, 0.05) is 29.7 Å². The molecular weight excluding hydrogens is 420 g/mol. The first kappa shape index (κ1) is 22.7. The number of carbonyl (C=O) groups excluding carboxylic acids is 1. The summed E-state index contributed by atoms with van der Waals surface area (Å²) in [4.78, 5) is 12.5. The molecule has 1 aliphatic carbocycles. The van der Waals surface area contributed by atoms with Gasteiger partial charge in [-0.2, -0.15) is 11.8 Å². The van der Waals surface area contributed by atoms with E-state index in [-0.39, 0.29) is 22.6 Å². The molecule has 2 N–H and O–H groups in total. The normalized spacial score (nSPS) is 14.6. The molecule has 3 rings (SSSR count). The second-order valence-electron chi connectivity index (χ2n) is 7.26. The molecule has 1 fully saturated rings. The van der Waals surface area contributed by atoms with E-state index in [0.717, 1.165) is 37.2 Å². The van der Waals surface area contributed by atoms with Crippen molar-refractivity contribution < 1.29 is 17.9 Å². The third kappa shape index (κ3) is 6.23. The molecule has 0 aromatic heterocycles. The lowest BCUT2D eigenvalue weighted by molar-refractivity contribution is 0.0956. The lowest BCUT2D eigenvalue weighted by Crippen LogP contribution is -2.33. The summed E-state index contributed by atoms with van der Waals surface area (Å²) in [7, 11) is -2.34. The van der Waals surface area contributed by atoms with Crippen LogP contribution in [-0.4, -0.2) is 39.8 Å². The number of hydrogen-bond donors (Lipinski definition) is 2. The molecule has 2 aromatic rings.